The number of rotatable bonds is 6. The molecule has 0 spiro atoms. The van der Waals surface area contributed by atoms with Gasteiger partial charge in [-0.1, -0.05) is 48.5 Å². The van der Waals surface area contributed by atoms with Gasteiger partial charge >= 0.3 is 6.03 Å². The lowest BCUT2D eigenvalue weighted by Gasteiger charge is -2.12. The molecule has 0 heterocycles. The van der Waals surface area contributed by atoms with Gasteiger partial charge in [-0.05, 0) is 54.8 Å². The summed E-state index contributed by atoms with van der Waals surface area (Å²) in [7, 11) is 0. The third-order valence-electron chi connectivity index (χ3n) is 3.93. The van der Waals surface area contributed by atoms with Gasteiger partial charge in [-0.15, -0.1) is 0 Å². The second-order valence-electron chi connectivity index (χ2n) is 5.86. The van der Waals surface area contributed by atoms with E-state index >= 15 is 0 Å². The number of para-hydroxylation sites is 1. The maximum atomic E-state index is 12.3. The minimum absolute atomic E-state index is 0.269. The van der Waals surface area contributed by atoms with Crippen molar-refractivity contribution in [2.75, 3.05) is 17.2 Å². The highest BCUT2D eigenvalue weighted by Gasteiger charge is 2.07. The monoisotopic (exact) mass is 346 g/mol. The molecule has 3 aromatic carbocycles. The Morgan fingerprint density at radius 2 is 1.54 bits per heavy atom. The van der Waals surface area contributed by atoms with Gasteiger partial charge in [-0.25, -0.2) is 4.79 Å². The lowest BCUT2D eigenvalue weighted by molar-refractivity contribution is 0.262. The Bertz CT molecular complexity index is 846. The maximum absolute atomic E-state index is 12.3. The molecule has 0 aliphatic carbocycles. The minimum Gasteiger partial charge on any atom is -0.494 e. The number of amides is 2. The molecule has 2 amide bonds. The average Bonchev–Trinajstić information content (AvgIpc) is 2.66. The van der Waals surface area contributed by atoms with Gasteiger partial charge in [0, 0.05) is 11.4 Å². The van der Waals surface area contributed by atoms with Gasteiger partial charge in [0.05, 0.1) is 6.61 Å². The highest BCUT2D eigenvalue weighted by molar-refractivity contribution is 6.00. The molecule has 0 unspecified atom stereocenters. The number of benzene rings is 3. The standard InChI is InChI=1S/C22H22N2O2/c1-2-26-20-14-12-19(13-15-20)23-22(25)24-21-11-7-6-10-18(21)16-17-8-4-3-5-9-17/h3-15H,2,16H2,1H3,(H2,23,24,25). The highest BCUT2D eigenvalue weighted by atomic mass is 16.5. The van der Waals surface area contributed by atoms with Crippen LogP contribution in [0.2, 0.25) is 0 Å². The minimum atomic E-state index is -0.269. The van der Waals surface area contributed by atoms with E-state index in [1.807, 2.05) is 73.7 Å². The van der Waals surface area contributed by atoms with E-state index in [1.54, 1.807) is 0 Å². The van der Waals surface area contributed by atoms with Gasteiger partial charge in [0.1, 0.15) is 5.75 Å². The van der Waals surface area contributed by atoms with Crippen LogP contribution in [0.25, 0.3) is 0 Å². The van der Waals surface area contributed by atoms with Crippen molar-refractivity contribution in [1.29, 1.82) is 0 Å². The summed E-state index contributed by atoms with van der Waals surface area (Å²) < 4.78 is 5.41. The molecule has 0 aliphatic rings. The van der Waals surface area contributed by atoms with E-state index in [-0.39, 0.29) is 6.03 Å². The van der Waals surface area contributed by atoms with Crippen molar-refractivity contribution in [1.82, 2.24) is 0 Å². The van der Waals surface area contributed by atoms with E-state index in [0.29, 0.717) is 12.3 Å². The zero-order chi connectivity index (χ0) is 18.2. The fourth-order valence-corrected chi connectivity index (χ4v) is 2.70. The molecule has 3 aromatic rings. The summed E-state index contributed by atoms with van der Waals surface area (Å²) >= 11 is 0. The first kappa shape index (κ1) is 17.5. The summed E-state index contributed by atoms with van der Waals surface area (Å²) in [5.41, 5.74) is 3.79. The Hall–Kier alpha value is -3.27. The number of ether oxygens (including phenoxy) is 1. The molecule has 0 radical (unpaired) electrons. The predicted octanol–water partition coefficient (Wildman–Crippen LogP) is 5.32. The van der Waals surface area contributed by atoms with Gasteiger partial charge < -0.3 is 15.4 Å². The molecule has 4 nitrogen and oxygen atoms in total. The Morgan fingerprint density at radius 3 is 2.27 bits per heavy atom. The number of carbonyl (C=O) groups is 1. The third kappa shape index (κ3) is 4.86. The topological polar surface area (TPSA) is 50.4 Å². The predicted molar refractivity (Wildman–Crippen MR) is 106 cm³/mol. The largest absolute Gasteiger partial charge is 0.494 e. The summed E-state index contributed by atoms with van der Waals surface area (Å²) in [5, 5.41) is 5.78. The molecule has 0 atom stereocenters. The van der Waals surface area contributed by atoms with Crippen LogP contribution in [-0.2, 0) is 6.42 Å². The molecule has 0 bridgehead atoms. The first-order valence-corrected chi connectivity index (χ1v) is 8.67. The van der Waals surface area contributed by atoms with Crippen LogP contribution in [0.1, 0.15) is 18.1 Å². The molecule has 2 N–H and O–H groups in total. The number of urea groups is 1. The van der Waals surface area contributed by atoms with Crippen molar-refractivity contribution < 1.29 is 9.53 Å². The van der Waals surface area contributed by atoms with E-state index in [2.05, 4.69) is 22.8 Å². The average molecular weight is 346 g/mol. The number of carbonyl (C=O) groups excluding carboxylic acids is 1. The van der Waals surface area contributed by atoms with E-state index in [1.165, 1.54) is 5.56 Å². The molecule has 3 rings (SSSR count). The molecule has 132 valence electrons. The van der Waals surface area contributed by atoms with Gasteiger partial charge in [-0.2, -0.15) is 0 Å². The number of nitrogens with one attached hydrogen (secondary N) is 2. The van der Waals surface area contributed by atoms with Crippen molar-refractivity contribution in [3.05, 3.63) is 90.0 Å². The highest BCUT2D eigenvalue weighted by Crippen LogP contribution is 2.20. The fraction of sp³-hybridized carbons (Fsp3) is 0.136. The Labute approximate surface area is 153 Å². The van der Waals surface area contributed by atoms with Crippen molar-refractivity contribution in [2.45, 2.75) is 13.3 Å². The summed E-state index contributed by atoms with van der Waals surface area (Å²) in [6.07, 6.45) is 0.764. The second kappa shape index (κ2) is 8.72. The summed E-state index contributed by atoms with van der Waals surface area (Å²) in [6, 6.07) is 25.1. The van der Waals surface area contributed by atoms with Crippen molar-refractivity contribution >= 4 is 17.4 Å². The quantitative estimate of drug-likeness (QED) is 0.634. The second-order valence-corrected chi connectivity index (χ2v) is 5.86. The SMILES string of the molecule is CCOc1ccc(NC(=O)Nc2ccccc2Cc2ccccc2)cc1. The van der Waals surface area contributed by atoms with Crippen LogP contribution in [0.4, 0.5) is 16.2 Å². The van der Waals surface area contributed by atoms with Gasteiger partial charge in [0.2, 0.25) is 0 Å². The number of hydrogen-bond acceptors (Lipinski definition) is 2. The Kier molecular flexibility index (Phi) is 5.88. The van der Waals surface area contributed by atoms with E-state index in [4.69, 9.17) is 4.74 Å². The molecule has 4 heteroatoms. The molecule has 26 heavy (non-hydrogen) atoms. The van der Waals surface area contributed by atoms with Crippen molar-refractivity contribution in [3.63, 3.8) is 0 Å². The van der Waals surface area contributed by atoms with E-state index in [0.717, 1.165) is 23.4 Å². The Morgan fingerprint density at radius 1 is 0.846 bits per heavy atom. The van der Waals surface area contributed by atoms with Crippen LogP contribution in [-0.4, -0.2) is 12.6 Å². The van der Waals surface area contributed by atoms with Crippen LogP contribution in [0.15, 0.2) is 78.9 Å². The van der Waals surface area contributed by atoms with E-state index in [9.17, 15) is 4.79 Å². The number of hydrogen-bond donors (Lipinski definition) is 2. The summed E-state index contributed by atoms with van der Waals surface area (Å²) in [4.78, 5) is 12.3. The lowest BCUT2D eigenvalue weighted by atomic mass is 10.0. The molecular weight excluding hydrogens is 324 g/mol. The van der Waals surface area contributed by atoms with Crippen LogP contribution >= 0.6 is 0 Å². The zero-order valence-corrected chi connectivity index (χ0v) is 14.7. The van der Waals surface area contributed by atoms with E-state index < -0.39 is 0 Å². The maximum Gasteiger partial charge on any atom is 0.323 e. The Balaban J connectivity index is 1.65. The van der Waals surface area contributed by atoms with Crippen molar-refractivity contribution in [3.8, 4) is 5.75 Å². The van der Waals surface area contributed by atoms with Crippen molar-refractivity contribution in [2.24, 2.45) is 0 Å². The molecule has 0 aromatic heterocycles. The first-order valence-electron chi connectivity index (χ1n) is 8.67. The number of anilines is 2. The summed E-state index contributed by atoms with van der Waals surface area (Å²) in [5.74, 6) is 0.784. The first-order chi connectivity index (χ1) is 12.7. The van der Waals surface area contributed by atoms with Gasteiger partial charge in [0.25, 0.3) is 0 Å². The van der Waals surface area contributed by atoms with Crippen LogP contribution in [0.3, 0.4) is 0 Å². The van der Waals surface area contributed by atoms with Gasteiger partial charge in [0.15, 0.2) is 0 Å². The van der Waals surface area contributed by atoms with Gasteiger partial charge in [-0.3, -0.25) is 0 Å². The van der Waals surface area contributed by atoms with Crippen LogP contribution < -0.4 is 15.4 Å². The lowest BCUT2D eigenvalue weighted by Crippen LogP contribution is -2.20. The molecular formula is C22H22N2O2. The molecule has 0 fully saturated rings. The van der Waals surface area contributed by atoms with Crippen LogP contribution in [0.5, 0.6) is 5.75 Å². The third-order valence-corrected chi connectivity index (χ3v) is 3.93. The summed E-state index contributed by atoms with van der Waals surface area (Å²) in [6.45, 7) is 2.55. The molecule has 0 saturated heterocycles. The van der Waals surface area contributed by atoms with Crippen LogP contribution in [0, 0.1) is 0 Å². The smallest absolute Gasteiger partial charge is 0.323 e. The fourth-order valence-electron chi connectivity index (χ4n) is 2.70. The molecule has 0 aliphatic heterocycles. The normalized spacial score (nSPS) is 10.2. The molecule has 0 saturated carbocycles. The zero-order valence-electron chi connectivity index (χ0n) is 14.7.